The number of hydrogen-bond donors (Lipinski definition) is 1. The topological polar surface area (TPSA) is 29.3 Å². The Morgan fingerprint density at radius 3 is 2.11 bits per heavy atom. The van der Waals surface area contributed by atoms with Crippen molar-refractivity contribution in [3.05, 3.63) is 35.4 Å². The summed E-state index contributed by atoms with van der Waals surface area (Å²) in [7, 11) is 0. The molecule has 2 unspecified atom stereocenters. The monoisotopic (exact) mass is 258 g/mol. The summed E-state index contributed by atoms with van der Waals surface area (Å²) in [5.74, 6) is 1.60. The minimum Gasteiger partial charge on any atom is -0.329 e. The molecule has 1 fully saturated rings. The van der Waals surface area contributed by atoms with E-state index in [9.17, 15) is 0 Å². The third-order valence-electron chi connectivity index (χ3n) is 5.15. The van der Waals surface area contributed by atoms with E-state index < -0.39 is 0 Å². The minimum atomic E-state index is 0.232. The molecule has 3 rings (SSSR count). The molecule has 0 amide bonds. The van der Waals surface area contributed by atoms with Crippen molar-refractivity contribution < 1.29 is 0 Å². The van der Waals surface area contributed by atoms with Gasteiger partial charge >= 0.3 is 0 Å². The van der Waals surface area contributed by atoms with Crippen molar-refractivity contribution in [2.75, 3.05) is 6.54 Å². The standard InChI is InChI=1S/C17H26N2/c1-13-7-14(2)9-17(8-13,12-18)19-10-15-5-3-4-6-16(15)11-19/h3-6,13-14H,7-12,18H2,1-2H3. The first-order chi connectivity index (χ1) is 9.13. The predicted molar refractivity (Wildman–Crippen MR) is 79.7 cm³/mol. The molecule has 0 aromatic heterocycles. The highest BCUT2D eigenvalue weighted by molar-refractivity contribution is 5.31. The summed E-state index contributed by atoms with van der Waals surface area (Å²) in [5.41, 5.74) is 9.47. The van der Waals surface area contributed by atoms with E-state index in [2.05, 4.69) is 43.0 Å². The molecule has 0 saturated heterocycles. The molecule has 1 heterocycles. The van der Waals surface area contributed by atoms with Gasteiger partial charge in [-0.15, -0.1) is 0 Å². The van der Waals surface area contributed by atoms with E-state index in [1.54, 1.807) is 0 Å². The molecular formula is C17H26N2. The fourth-order valence-corrected chi connectivity index (χ4v) is 4.46. The molecule has 0 bridgehead atoms. The van der Waals surface area contributed by atoms with Crippen LogP contribution in [-0.2, 0) is 13.1 Å². The van der Waals surface area contributed by atoms with Crippen molar-refractivity contribution in [3.63, 3.8) is 0 Å². The van der Waals surface area contributed by atoms with Gasteiger partial charge in [0.05, 0.1) is 0 Å². The molecule has 2 heteroatoms. The van der Waals surface area contributed by atoms with Crippen molar-refractivity contribution in [1.82, 2.24) is 4.90 Å². The van der Waals surface area contributed by atoms with Crippen LogP contribution in [0, 0.1) is 11.8 Å². The largest absolute Gasteiger partial charge is 0.329 e. The molecule has 1 aliphatic heterocycles. The van der Waals surface area contributed by atoms with Crippen LogP contribution in [0.3, 0.4) is 0 Å². The zero-order valence-corrected chi connectivity index (χ0v) is 12.2. The Balaban J connectivity index is 1.84. The molecule has 19 heavy (non-hydrogen) atoms. The first-order valence-electron chi connectivity index (χ1n) is 7.65. The van der Waals surface area contributed by atoms with Gasteiger partial charge in [0.1, 0.15) is 0 Å². The average molecular weight is 258 g/mol. The second-order valence-electron chi connectivity index (χ2n) is 6.91. The number of nitrogens with zero attached hydrogens (tertiary/aromatic N) is 1. The summed E-state index contributed by atoms with van der Waals surface area (Å²) in [6, 6.07) is 8.86. The van der Waals surface area contributed by atoms with Crippen LogP contribution in [0.5, 0.6) is 0 Å². The van der Waals surface area contributed by atoms with Crippen molar-refractivity contribution >= 4 is 0 Å². The van der Waals surface area contributed by atoms with Gasteiger partial charge in [-0.2, -0.15) is 0 Å². The van der Waals surface area contributed by atoms with Gasteiger partial charge in [0.25, 0.3) is 0 Å². The second-order valence-corrected chi connectivity index (χ2v) is 6.91. The molecule has 2 nitrogen and oxygen atoms in total. The van der Waals surface area contributed by atoms with Crippen LogP contribution >= 0.6 is 0 Å². The molecule has 104 valence electrons. The van der Waals surface area contributed by atoms with E-state index in [1.807, 2.05) is 0 Å². The van der Waals surface area contributed by atoms with Gasteiger partial charge < -0.3 is 5.73 Å². The third-order valence-corrected chi connectivity index (χ3v) is 5.15. The smallest absolute Gasteiger partial charge is 0.0343 e. The third kappa shape index (κ3) is 2.32. The Labute approximate surface area is 117 Å². The number of rotatable bonds is 2. The lowest BCUT2D eigenvalue weighted by atomic mass is 9.70. The zero-order chi connectivity index (χ0) is 13.5. The summed E-state index contributed by atoms with van der Waals surface area (Å²) in [6.07, 6.45) is 3.90. The Bertz CT molecular complexity index is 419. The maximum atomic E-state index is 6.24. The molecule has 0 radical (unpaired) electrons. The number of nitrogens with two attached hydrogens (primary N) is 1. The Morgan fingerprint density at radius 1 is 1.11 bits per heavy atom. The normalized spacial score (nSPS) is 35.3. The summed E-state index contributed by atoms with van der Waals surface area (Å²) in [4.78, 5) is 2.66. The highest BCUT2D eigenvalue weighted by atomic mass is 15.2. The van der Waals surface area contributed by atoms with Gasteiger partial charge in [0.15, 0.2) is 0 Å². The van der Waals surface area contributed by atoms with Gasteiger partial charge in [-0.05, 0) is 42.2 Å². The van der Waals surface area contributed by atoms with E-state index in [4.69, 9.17) is 5.73 Å². The number of hydrogen-bond acceptors (Lipinski definition) is 2. The van der Waals surface area contributed by atoms with Gasteiger partial charge in [-0.1, -0.05) is 38.1 Å². The molecule has 1 aliphatic carbocycles. The van der Waals surface area contributed by atoms with E-state index in [1.165, 1.54) is 30.4 Å². The molecule has 2 atom stereocenters. The van der Waals surface area contributed by atoms with Crippen LogP contribution in [0.15, 0.2) is 24.3 Å². The zero-order valence-electron chi connectivity index (χ0n) is 12.2. The highest BCUT2D eigenvalue weighted by Gasteiger charge is 2.43. The second kappa shape index (κ2) is 4.92. The molecule has 2 aliphatic rings. The first-order valence-corrected chi connectivity index (χ1v) is 7.65. The highest BCUT2D eigenvalue weighted by Crippen LogP contribution is 2.42. The maximum absolute atomic E-state index is 6.24. The Kier molecular flexibility index (Phi) is 3.40. The van der Waals surface area contributed by atoms with Crippen molar-refractivity contribution in [3.8, 4) is 0 Å². The van der Waals surface area contributed by atoms with Crippen LogP contribution in [0.25, 0.3) is 0 Å². The number of fused-ring (bicyclic) bond motifs is 1. The van der Waals surface area contributed by atoms with Gasteiger partial charge in [0, 0.05) is 25.2 Å². The SMILES string of the molecule is CC1CC(C)CC(CN)(N2Cc3ccccc3C2)C1. The lowest BCUT2D eigenvalue weighted by Gasteiger charge is -2.48. The Morgan fingerprint density at radius 2 is 1.63 bits per heavy atom. The van der Waals surface area contributed by atoms with Gasteiger partial charge in [-0.25, -0.2) is 0 Å². The van der Waals surface area contributed by atoms with Crippen LogP contribution in [-0.4, -0.2) is 17.0 Å². The fourth-order valence-electron chi connectivity index (χ4n) is 4.46. The van der Waals surface area contributed by atoms with E-state index in [0.29, 0.717) is 0 Å². The summed E-state index contributed by atoms with van der Waals surface area (Å²) in [5, 5.41) is 0. The van der Waals surface area contributed by atoms with E-state index >= 15 is 0 Å². The van der Waals surface area contributed by atoms with Crippen molar-refractivity contribution in [1.29, 1.82) is 0 Å². The summed E-state index contributed by atoms with van der Waals surface area (Å²) < 4.78 is 0. The lowest BCUT2D eigenvalue weighted by Crippen LogP contribution is -2.55. The molecule has 1 aromatic rings. The van der Waals surface area contributed by atoms with E-state index in [-0.39, 0.29) is 5.54 Å². The van der Waals surface area contributed by atoms with E-state index in [0.717, 1.165) is 31.5 Å². The summed E-state index contributed by atoms with van der Waals surface area (Å²) >= 11 is 0. The quantitative estimate of drug-likeness (QED) is 0.883. The maximum Gasteiger partial charge on any atom is 0.0343 e. The Hall–Kier alpha value is -0.860. The minimum absolute atomic E-state index is 0.232. The van der Waals surface area contributed by atoms with Crippen LogP contribution in [0.1, 0.15) is 44.2 Å². The van der Waals surface area contributed by atoms with Crippen molar-refractivity contribution in [2.45, 2.75) is 51.7 Å². The van der Waals surface area contributed by atoms with Crippen LogP contribution < -0.4 is 5.73 Å². The number of benzene rings is 1. The van der Waals surface area contributed by atoms with Crippen LogP contribution in [0.2, 0.25) is 0 Å². The average Bonchev–Trinajstić information content (AvgIpc) is 2.81. The van der Waals surface area contributed by atoms with Gasteiger partial charge in [-0.3, -0.25) is 4.90 Å². The first kappa shape index (κ1) is 13.1. The molecule has 1 aromatic carbocycles. The lowest BCUT2D eigenvalue weighted by molar-refractivity contribution is 0.0160. The molecule has 0 spiro atoms. The van der Waals surface area contributed by atoms with Crippen LogP contribution in [0.4, 0.5) is 0 Å². The molecular weight excluding hydrogens is 232 g/mol. The molecule has 1 saturated carbocycles. The van der Waals surface area contributed by atoms with Gasteiger partial charge in [0.2, 0.25) is 0 Å². The van der Waals surface area contributed by atoms with Crippen molar-refractivity contribution in [2.24, 2.45) is 17.6 Å². The predicted octanol–water partition coefficient (Wildman–Crippen LogP) is 3.16. The fraction of sp³-hybridized carbons (Fsp3) is 0.647. The molecule has 2 N–H and O–H groups in total. The summed E-state index contributed by atoms with van der Waals surface area (Å²) in [6.45, 7) is 7.77.